The Labute approximate surface area is 136 Å². The van der Waals surface area contributed by atoms with E-state index in [0.717, 1.165) is 18.7 Å². The van der Waals surface area contributed by atoms with Crippen molar-refractivity contribution in [1.82, 2.24) is 4.90 Å². The highest BCUT2D eigenvalue weighted by Crippen LogP contribution is 2.21. The molecule has 0 saturated heterocycles. The van der Waals surface area contributed by atoms with Crippen LogP contribution < -0.4 is 0 Å². The van der Waals surface area contributed by atoms with E-state index in [0.29, 0.717) is 0 Å². The van der Waals surface area contributed by atoms with Gasteiger partial charge >= 0.3 is 0 Å². The molecule has 0 fully saturated rings. The zero-order chi connectivity index (χ0) is 16.8. The fourth-order valence-corrected chi connectivity index (χ4v) is 2.22. The van der Waals surface area contributed by atoms with E-state index in [1.807, 2.05) is 6.08 Å². The molecule has 1 aromatic carbocycles. The van der Waals surface area contributed by atoms with Crippen molar-refractivity contribution in [2.24, 2.45) is 5.41 Å². The predicted molar refractivity (Wildman–Crippen MR) is 98.6 cm³/mol. The Morgan fingerprint density at radius 3 is 2.59 bits per heavy atom. The highest BCUT2D eigenvalue weighted by Gasteiger charge is 2.06. The second-order valence-corrected chi connectivity index (χ2v) is 6.99. The molecular formula is C21H29N. The maximum absolute atomic E-state index is 4.06. The molecule has 1 aromatic rings. The molecule has 0 amide bonds. The summed E-state index contributed by atoms with van der Waals surface area (Å²) in [7, 11) is 2.13. The van der Waals surface area contributed by atoms with Crippen molar-refractivity contribution in [2.45, 2.75) is 41.2 Å². The van der Waals surface area contributed by atoms with Crippen molar-refractivity contribution in [1.29, 1.82) is 0 Å². The van der Waals surface area contributed by atoms with Crippen molar-refractivity contribution >= 4 is 5.57 Å². The SMILES string of the molecule is C=C(C)c1cccc(CN(C)CC=CC#CC(C)(C)C)c1C. The monoisotopic (exact) mass is 295 g/mol. The van der Waals surface area contributed by atoms with Crippen molar-refractivity contribution in [3.63, 3.8) is 0 Å². The lowest BCUT2D eigenvalue weighted by molar-refractivity contribution is 0.362. The second kappa shape index (κ2) is 8.01. The van der Waals surface area contributed by atoms with E-state index in [1.54, 1.807) is 0 Å². The molecule has 0 spiro atoms. The molecule has 0 heterocycles. The van der Waals surface area contributed by atoms with Crippen LogP contribution in [0.15, 0.2) is 36.9 Å². The summed E-state index contributed by atoms with van der Waals surface area (Å²) in [6.07, 6.45) is 4.08. The Hall–Kier alpha value is -1.78. The largest absolute Gasteiger partial charge is 0.298 e. The number of allylic oxidation sites excluding steroid dienone is 2. The molecule has 1 heteroatoms. The lowest BCUT2D eigenvalue weighted by Crippen LogP contribution is -2.18. The number of hydrogen-bond acceptors (Lipinski definition) is 1. The minimum absolute atomic E-state index is 0.0658. The average molecular weight is 295 g/mol. The Morgan fingerprint density at radius 1 is 1.32 bits per heavy atom. The molecule has 0 N–H and O–H groups in total. The van der Waals surface area contributed by atoms with Crippen molar-refractivity contribution < 1.29 is 0 Å². The molecule has 0 aliphatic carbocycles. The summed E-state index contributed by atoms with van der Waals surface area (Å²) >= 11 is 0. The van der Waals surface area contributed by atoms with Crippen LogP contribution in [0.1, 0.15) is 44.4 Å². The van der Waals surface area contributed by atoms with Crippen LogP contribution in [0.4, 0.5) is 0 Å². The maximum atomic E-state index is 4.06. The van der Waals surface area contributed by atoms with Crippen LogP contribution >= 0.6 is 0 Å². The molecule has 0 aromatic heterocycles. The molecule has 0 unspecified atom stereocenters. The minimum Gasteiger partial charge on any atom is -0.298 e. The molecule has 0 bridgehead atoms. The molecular weight excluding hydrogens is 266 g/mol. The van der Waals surface area contributed by atoms with E-state index in [1.165, 1.54) is 16.7 Å². The first-order valence-electron chi connectivity index (χ1n) is 7.81. The van der Waals surface area contributed by atoms with E-state index < -0.39 is 0 Å². The fraction of sp³-hybridized carbons (Fsp3) is 0.429. The quantitative estimate of drug-likeness (QED) is 0.686. The molecule has 1 nitrogen and oxygen atoms in total. The van der Waals surface area contributed by atoms with Gasteiger partial charge < -0.3 is 0 Å². The van der Waals surface area contributed by atoms with Gasteiger partial charge in [-0.3, -0.25) is 4.90 Å². The van der Waals surface area contributed by atoms with E-state index in [-0.39, 0.29) is 5.41 Å². The van der Waals surface area contributed by atoms with Crippen molar-refractivity contribution in [3.8, 4) is 11.8 Å². The lowest BCUT2D eigenvalue weighted by atomic mass is 9.98. The molecule has 0 saturated carbocycles. The molecule has 0 aliphatic rings. The number of likely N-dealkylation sites (N-methyl/N-ethyl adjacent to an activating group) is 1. The van der Waals surface area contributed by atoms with Gasteiger partial charge in [0.05, 0.1) is 0 Å². The highest BCUT2D eigenvalue weighted by molar-refractivity contribution is 5.65. The zero-order valence-electron chi connectivity index (χ0n) is 15.0. The summed E-state index contributed by atoms with van der Waals surface area (Å²) in [6.45, 7) is 16.5. The first kappa shape index (κ1) is 18.3. The number of hydrogen-bond donors (Lipinski definition) is 0. The standard InChI is InChI=1S/C21H29N/c1-17(2)20-13-11-12-19(18(20)3)16-22(7)15-10-8-9-14-21(4,5)6/h8,10-13H,1,15-16H2,2-7H3. The van der Waals surface area contributed by atoms with Crippen molar-refractivity contribution in [3.05, 3.63) is 53.6 Å². The van der Waals surface area contributed by atoms with Gasteiger partial charge in [0.2, 0.25) is 0 Å². The maximum Gasteiger partial charge on any atom is 0.0236 e. The van der Waals surface area contributed by atoms with Crippen LogP contribution in [0.25, 0.3) is 5.57 Å². The third-order valence-electron chi connectivity index (χ3n) is 3.41. The molecule has 1 rings (SSSR count). The third-order valence-corrected chi connectivity index (χ3v) is 3.41. The van der Waals surface area contributed by atoms with Crippen LogP contribution in [0.5, 0.6) is 0 Å². The topological polar surface area (TPSA) is 3.24 Å². The first-order chi connectivity index (χ1) is 10.2. The molecule has 22 heavy (non-hydrogen) atoms. The van der Waals surface area contributed by atoms with Gasteiger partial charge in [-0.15, -0.1) is 0 Å². The van der Waals surface area contributed by atoms with Gasteiger partial charge in [0.25, 0.3) is 0 Å². The molecule has 0 atom stereocenters. The van der Waals surface area contributed by atoms with E-state index in [4.69, 9.17) is 0 Å². The fourth-order valence-electron chi connectivity index (χ4n) is 2.22. The van der Waals surface area contributed by atoms with Crippen LogP contribution in [0.3, 0.4) is 0 Å². The smallest absolute Gasteiger partial charge is 0.0236 e. The van der Waals surface area contributed by atoms with Crippen molar-refractivity contribution in [2.75, 3.05) is 13.6 Å². The summed E-state index contributed by atoms with van der Waals surface area (Å²) in [5, 5.41) is 0. The Kier molecular flexibility index (Phi) is 6.65. The van der Waals surface area contributed by atoms with E-state index in [2.05, 4.69) is 89.3 Å². The predicted octanol–water partition coefficient (Wildman–Crippen LogP) is 5.07. The second-order valence-electron chi connectivity index (χ2n) is 6.99. The first-order valence-corrected chi connectivity index (χ1v) is 7.81. The summed E-state index contributed by atoms with van der Waals surface area (Å²) in [5.74, 6) is 6.32. The summed E-state index contributed by atoms with van der Waals surface area (Å²) in [5.41, 5.74) is 5.14. The van der Waals surface area contributed by atoms with Gasteiger partial charge in [-0.05, 0) is 64.4 Å². The Balaban J connectivity index is 2.64. The number of nitrogens with zero attached hydrogens (tertiary/aromatic N) is 1. The van der Waals surface area contributed by atoms with Gasteiger partial charge in [-0.25, -0.2) is 0 Å². The van der Waals surface area contributed by atoms with Gasteiger partial charge in [-0.1, -0.05) is 48.3 Å². The van der Waals surface area contributed by atoms with Crippen LogP contribution in [0.2, 0.25) is 0 Å². The van der Waals surface area contributed by atoms with Crippen LogP contribution in [-0.2, 0) is 6.54 Å². The van der Waals surface area contributed by atoms with Gasteiger partial charge in [0, 0.05) is 18.5 Å². The molecule has 0 aliphatic heterocycles. The lowest BCUT2D eigenvalue weighted by Gasteiger charge is -2.18. The van der Waals surface area contributed by atoms with Crippen LogP contribution in [-0.4, -0.2) is 18.5 Å². The number of benzene rings is 1. The summed E-state index contributed by atoms with van der Waals surface area (Å²) in [6, 6.07) is 6.45. The Morgan fingerprint density at radius 2 is 2.00 bits per heavy atom. The summed E-state index contributed by atoms with van der Waals surface area (Å²) in [4.78, 5) is 2.29. The van der Waals surface area contributed by atoms with Gasteiger partial charge in [0.1, 0.15) is 0 Å². The zero-order valence-corrected chi connectivity index (χ0v) is 15.0. The van der Waals surface area contributed by atoms with Crippen LogP contribution in [0, 0.1) is 24.2 Å². The van der Waals surface area contributed by atoms with Gasteiger partial charge in [0.15, 0.2) is 0 Å². The van der Waals surface area contributed by atoms with E-state index in [9.17, 15) is 0 Å². The third kappa shape index (κ3) is 6.33. The molecule has 118 valence electrons. The van der Waals surface area contributed by atoms with Gasteiger partial charge in [-0.2, -0.15) is 0 Å². The normalized spacial score (nSPS) is 11.6. The average Bonchev–Trinajstić information content (AvgIpc) is 2.39. The van der Waals surface area contributed by atoms with E-state index >= 15 is 0 Å². The minimum atomic E-state index is 0.0658. The summed E-state index contributed by atoms with van der Waals surface area (Å²) < 4.78 is 0. The number of rotatable bonds is 5. The highest BCUT2D eigenvalue weighted by atomic mass is 15.1. The molecule has 0 radical (unpaired) electrons. The Bertz CT molecular complexity index is 603.